The zero-order valence-corrected chi connectivity index (χ0v) is 8.96. The van der Waals surface area contributed by atoms with E-state index in [1.807, 2.05) is 0 Å². The molecule has 0 saturated carbocycles. The van der Waals surface area contributed by atoms with E-state index in [0.29, 0.717) is 6.61 Å². The Labute approximate surface area is 89.0 Å². The maximum absolute atomic E-state index is 10.1. The molecule has 0 spiro atoms. The minimum absolute atomic E-state index is 0.194. The normalized spacial score (nSPS) is 23.2. The van der Waals surface area contributed by atoms with Crippen molar-refractivity contribution in [1.82, 2.24) is 15.0 Å². The van der Waals surface area contributed by atoms with Crippen LogP contribution in [-0.4, -0.2) is 33.3 Å². The SMILES string of the molecule is CCCn1nncc1C(O)C1CCOC1. The van der Waals surface area contributed by atoms with Crippen LogP contribution in [0.3, 0.4) is 0 Å². The number of hydrogen-bond donors (Lipinski definition) is 1. The first-order valence-electron chi connectivity index (χ1n) is 5.47. The summed E-state index contributed by atoms with van der Waals surface area (Å²) in [7, 11) is 0. The average Bonchev–Trinajstić information content (AvgIpc) is 2.87. The summed E-state index contributed by atoms with van der Waals surface area (Å²) in [6.07, 6.45) is 3.07. The maximum atomic E-state index is 10.1. The largest absolute Gasteiger partial charge is 0.386 e. The van der Waals surface area contributed by atoms with Gasteiger partial charge in [-0.1, -0.05) is 12.1 Å². The lowest BCUT2D eigenvalue weighted by atomic mass is 9.99. The van der Waals surface area contributed by atoms with Crippen molar-refractivity contribution in [3.05, 3.63) is 11.9 Å². The van der Waals surface area contributed by atoms with Gasteiger partial charge in [-0.2, -0.15) is 0 Å². The second kappa shape index (κ2) is 4.72. The van der Waals surface area contributed by atoms with Gasteiger partial charge in [-0.25, -0.2) is 4.68 Å². The van der Waals surface area contributed by atoms with Gasteiger partial charge in [0.05, 0.1) is 18.5 Å². The molecule has 2 atom stereocenters. The molecule has 15 heavy (non-hydrogen) atoms. The van der Waals surface area contributed by atoms with Crippen molar-refractivity contribution in [3.8, 4) is 0 Å². The molecule has 1 aromatic rings. The molecule has 1 saturated heterocycles. The Bertz CT molecular complexity index is 307. The van der Waals surface area contributed by atoms with Gasteiger partial charge in [-0.3, -0.25) is 0 Å². The third kappa shape index (κ3) is 2.18. The van der Waals surface area contributed by atoms with Crippen molar-refractivity contribution in [2.24, 2.45) is 5.92 Å². The van der Waals surface area contributed by atoms with Crippen molar-refractivity contribution in [2.75, 3.05) is 13.2 Å². The van der Waals surface area contributed by atoms with E-state index >= 15 is 0 Å². The van der Waals surface area contributed by atoms with Crippen LogP contribution in [0.2, 0.25) is 0 Å². The highest BCUT2D eigenvalue weighted by Crippen LogP contribution is 2.27. The molecule has 84 valence electrons. The van der Waals surface area contributed by atoms with E-state index in [1.165, 1.54) is 0 Å². The number of aliphatic hydroxyl groups is 1. The van der Waals surface area contributed by atoms with Crippen LogP contribution in [0.15, 0.2) is 6.20 Å². The molecule has 2 heterocycles. The summed E-state index contributed by atoms with van der Waals surface area (Å²) in [5.41, 5.74) is 0.812. The van der Waals surface area contributed by atoms with Crippen molar-refractivity contribution >= 4 is 0 Å². The molecule has 1 aliphatic heterocycles. The highest BCUT2D eigenvalue weighted by molar-refractivity contribution is 5.01. The van der Waals surface area contributed by atoms with Crippen molar-refractivity contribution in [3.63, 3.8) is 0 Å². The van der Waals surface area contributed by atoms with Crippen LogP contribution in [-0.2, 0) is 11.3 Å². The Morgan fingerprint density at radius 2 is 2.60 bits per heavy atom. The predicted octanol–water partition coefficient (Wildman–Crippen LogP) is 0.758. The zero-order chi connectivity index (χ0) is 10.7. The Kier molecular flexibility index (Phi) is 3.33. The van der Waals surface area contributed by atoms with Crippen molar-refractivity contribution in [2.45, 2.75) is 32.4 Å². The third-order valence-corrected chi connectivity index (χ3v) is 2.80. The number of nitrogens with zero attached hydrogens (tertiary/aromatic N) is 3. The third-order valence-electron chi connectivity index (χ3n) is 2.80. The van der Waals surface area contributed by atoms with Gasteiger partial charge < -0.3 is 9.84 Å². The second-order valence-corrected chi connectivity index (χ2v) is 3.95. The average molecular weight is 211 g/mol. The smallest absolute Gasteiger partial charge is 0.102 e. The molecular weight excluding hydrogens is 194 g/mol. The first kappa shape index (κ1) is 10.6. The molecule has 5 heteroatoms. The minimum Gasteiger partial charge on any atom is -0.386 e. The Morgan fingerprint density at radius 1 is 1.73 bits per heavy atom. The monoisotopic (exact) mass is 211 g/mol. The van der Waals surface area contributed by atoms with Gasteiger partial charge >= 0.3 is 0 Å². The molecule has 1 aromatic heterocycles. The number of aromatic nitrogens is 3. The van der Waals surface area contributed by atoms with Crippen LogP contribution in [0.4, 0.5) is 0 Å². The fraction of sp³-hybridized carbons (Fsp3) is 0.800. The van der Waals surface area contributed by atoms with Gasteiger partial charge in [0.2, 0.25) is 0 Å². The van der Waals surface area contributed by atoms with Crippen LogP contribution >= 0.6 is 0 Å². The molecular formula is C10H17N3O2. The molecule has 1 aliphatic rings. The Morgan fingerprint density at radius 3 is 3.27 bits per heavy atom. The molecule has 2 rings (SSSR count). The summed E-state index contributed by atoms with van der Waals surface area (Å²) in [5, 5.41) is 17.9. The van der Waals surface area contributed by atoms with Gasteiger partial charge in [-0.15, -0.1) is 5.10 Å². The van der Waals surface area contributed by atoms with Gasteiger partial charge in [0.25, 0.3) is 0 Å². The van der Waals surface area contributed by atoms with Crippen LogP contribution in [0.5, 0.6) is 0 Å². The second-order valence-electron chi connectivity index (χ2n) is 3.95. The lowest BCUT2D eigenvalue weighted by molar-refractivity contribution is 0.0844. The molecule has 0 aromatic carbocycles. The Hall–Kier alpha value is -0.940. The molecule has 1 fully saturated rings. The van der Waals surface area contributed by atoms with Crippen LogP contribution in [0.1, 0.15) is 31.6 Å². The fourth-order valence-corrected chi connectivity index (χ4v) is 1.92. The van der Waals surface area contributed by atoms with Crippen molar-refractivity contribution in [1.29, 1.82) is 0 Å². The minimum atomic E-state index is -0.492. The summed E-state index contributed by atoms with van der Waals surface area (Å²) in [6, 6.07) is 0. The lowest BCUT2D eigenvalue weighted by Crippen LogP contribution is -2.17. The van der Waals surface area contributed by atoms with E-state index in [4.69, 9.17) is 4.74 Å². The van der Waals surface area contributed by atoms with E-state index in [9.17, 15) is 5.11 Å². The number of aliphatic hydroxyl groups excluding tert-OH is 1. The first-order chi connectivity index (χ1) is 7.33. The highest BCUT2D eigenvalue weighted by Gasteiger charge is 2.27. The van der Waals surface area contributed by atoms with E-state index in [-0.39, 0.29) is 5.92 Å². The van der Waals surface area contributed by atoms with E-state index in [1.54, 1.807) is 10.9 Å². The summed E-state index contributed by atoms with van der Waals surface area (Å²) in [6.45, 7) is 4.27. The molecule has 0 bridgehead atoms. The quantitative estimate of drug-likeness (QED) is 0.798. The van der Waals surface area contributed by atoms with Crippen LogP contribution in [0, 0.1) is 5.92 Å². The molecule has 0 aliphatic carbocycles. The van der Waals surface area contributed by atoms with E-state index in [2.05, 4.69) is 17.2 Å². The van der Waals surface area contributed by atoms with Crippen molar-refractivity contribution < 1.29 is 9.84 Å². The van der Waals surface area contributed by atoms with Crippen LogP contribution in [0.25, 0.3) is 0 Å². The highest BCUT2D eigenvalue weighted by atomic mass is 16.5. The maximum Gasteiger partial charge on any atom is 0.102 e. The standard InChI is InChI=1S/C10H17N3O2/c1-2-4-13-9(6-11-12-13)10(14)8-3-5-15-7-8/h6,8,10,14H,2-5,7H2,1H3. The molecule has 5 nitrogen and oxygen atoms in total. The van der Waals surface area contributed by atoms with Gasteiger partial charge in [0.1, 0.15) is 6.10 Å². The number of ether oxygens (including phenoxy) is 1. The predicted molar refractivity (Wildman–Crippen MR) is 54.2 cm³/mol. The van der Waals surface area contributed by atoms with Gasteiger partial charge in [0, 0.05) is 19.1 Å². The van der Waals surface area contributed by atoms with E-state index < -0.39 is 6.10 Å². The van der Waals surface area contributed by atoms with E-state index in [0.717, 1.165) is 31.7 Å². The Balaban J connectivity index is 2.09. The first-order valence-corrected chi connectivity index (χ1v) is 5.47. The lowest BCUT2D eigenvalue weighted by Gasteiger charge is -2.16. The summed E-state index contributed by atoms with van der Waals surface area (Å²) in [5.74, 6) is 0.194. The van der Waals surface area contributed by atoms with Gasteiger partial charge in [0.15, 0.2) is 0 Å². The molecule has 0 amide bonds. The zero-order valence-electron chi connectivity index (χ0n) is 8.96. The summed E-state index contributed by atoms with van der Waals surface area (Å²) >= 11 is 0. The topological polar surface area (TPSA) is 60.2 Å². The number of aryl methyl sites for hydroxylation is 1. The van der Waals surface area contributed by atoms with Gasteiger partial charge in [-0.05, 0) is 12.8 Å². The fourth-order valence-electron chi connectivity index (χ4n) is 1.92. The molecule has 1 N–H and O–H groups in total. The number of hydrogen-bond acceptors (Lipinski definition) is 4. The summed E-state index contributed by atoms with van der Waals surface area (Å²) in [4.78, 5) is 0. The molecule has 0 radical (unpaired) electrons. The molecule has 2 unspecified atom stereocenters. The summed E-state index contributed by atoms with van der Waals surface area (Å²) < 4.78 is 7.05. The van der Waals surface area contributed by atoms with Crippen LogP contribution < -0.4 is 0 Å². The number of rotatable bonds is 4.